The van der Waals surface area contributed by atoms with Crippen LogP contribution in [0.25, 0.3) is 0 Å². The Morgan fingerprint density at radius 3 is 2.22 bits per heavy atom. The number of anilines is 3. The van der Waals surface area contributed by atoms with E-state index in [1.54, 1.807) is 13.8 Å². The SMILES string of the molecule is CCN(CC)S(=O)(=O)c1ccc(Nc2ncnc(NNC(=O)c3cccc([N+](=O)[O-])c3)c2[N+](=O)[O-])cc1. The van der Waals surface area contributed by atoms with E-state index < -0.39 is 31.5 Å². The molecule has 3 N–H and O–H groups in total. The lowest BCUT2D eigenvalue weighted by molar-refractivity contribution is -0.384. The monoisotopic (exact) mass is 530 g/mol. The number of hydrogen-bond donors (Lipinski definition) is 3. The zero-order valence-corrected chi connectivity index (χ0v) is 20.4. The first kappa shape index (κ1) is 26.9. The highest BCUT2D eigenvalue weighted by atomic mass is 32.2. The third-order valence-electron chi connectivity index (χ3n) is 5.08. The molecule has 15 nitrogen and oxygen atoms in total. The van der Waals surface area contributed by atoms with Crippen LogP contribution >= 0.6 is 0 Å². The fourth-order valence-corrected chi connectivity index (χ4v) is 4.70. The number of nitrogens with zero attached hydrogens (tertiary/aromatic N) is 5. The minimum Gasteiger partial charge on any atom is -0.334 e. The molecule has 0 saturated heterocycles. The summed E-state index contributed by atoms with van der Waals surface area (Å²) >= 11 is 0. The first-order valence-corrected chi connectivity index (χ1v) is 12.2. The maximum absolute atomic E-state index is 12.7. The quantitative estimate of drug-likeness (QED) is 0.243. The highest BCUT2D eigenvalue weighted by Gasteiger charge is 2.25. The number of hydrogen-bond acceptors (Lipinski definition) is 11. The molecule has 1 heterocycles. The number of nitrogens with one attached hydrogen (secondary N) is 3. The van der Waals surface area contributed by atoms with Gasteiger partial charge in [-0.1, -0.05) is 19.9 Å². The summed E-state index contributed by atoms with van der Waals surface area (Å²) in [6.45, 7) is 4.06. The van der Waals surface area contributed by atoms with E-state index in [-0.39, 0.29) is 27.8 Å². The Morgan fingerprint density at radius 1 is 0.973 bits per heavy atom. The van der Waals surface area contributed by atoms with Crippen molar-refractivity contribution in [2.75, 3.05) is 23.8 Å². The summed E-state index contributed by atoms with van der Waals surface area (Å²) in [5, 5.41) is 25.4. The Labute approximate surface area is 210 Å². The van der Waals surface area contributed by atoms with Crippen molar-refractivity contribution in [3.05, 3.63) is 80.7 Å². The topological polar surface area (TPSA) is 203 Å². The molecule has 3 rings (SSSR count). The van der Waals surface area contributed by atoms with Gasteiger partial charge in [-0.05, 0) is 30.3 Å². The van der Waals surface area contributed by atoms with Crippen molar-refractivity contribution in [3.8, 4) is 0 Å². The average Bonchev–Trinajstić information content (AvgIpc) is 2.88. The Kier molecular flexibility index (Phi) is 8.26. The number of sulfonamides is 1. The van der Waals surface area contributed by atoms with Gasteiger partial charge in [0, 0.05) is 36.5 Å². The van der Waals surface area contributed by atoms with Crippen molar-refractivity contribution in [2.24, 2.45) is 0 Å². The summed E-state index contributed by atoms with van der Waals surface area (Å²) in [6.07, 6.45) is 1.01. The lowest BCUT2D eigenvalue weighted by Crippen LogP contribution is -2.30. The fraction of sp³-hybridized carbons (Fsp3) is 0.190. The van der Waals surface area contributed by atoms with Gasteiger partial charge in [0.2, 0.25) is 21.7 Å². The van der Waals surface area contributed by atoms with Gasteiger partial charge < -0.3 is 5.32 Å². The van der Waals surface area contributed by atoms with Crippen molar-refractivity contribution in [3.63, 3.8) is 0 Å². The second kappa shape index (κ2) is 11.4. The molecule has 0 spiro atoms. The molecule has 0 aliphatic rings. The molecule has 3 aromatic rings. The molecular weight excluding hydrogens is 508 g/mol. The van der Waals surface area contributed by atoms with Crippen LogP contribution in [0.3, 0.4) is 0 Å². The largest absolute Gasteiger partial charge is 0.355 e. The molecule has 0 fully saturated rings. The van der Waals surface area contributed by atoms with Crippen molar-refractivity contribution in [2.45, 2.75) is 18.7 Å². The Bertz CT molecular complexity index is 1430. The number of non-ortho nitro benzene ring substituents is 1. The van der Waals surface area contributed by atoms with Gasteiger partial charge in [0.05, 0.1) is 14.7 Å². The summed E-state index contributed by atoms with van der Waals surface area (Å²) in [6, 6.07) is 10.5. The van der Waals surface area contributed by atoms with Crippen LogP contribution in [0, 0.1) is 20.2 Å². The van der Waals surface area contributed by atoms with Gasteiger partial charge in [0.25, 0.3) is 11.6 Å². The zero-order valence-electron chi connectivity index (χ0n) is 19.6. The second-order valence-electron chi connectivity index (χ2n) is 7.30. The molecule has 0 saturated carbocycles. The van der Waals surface area contributed by atoms with Gasteiger partial charge in [0.1, 0.15) is 6.33 Å². The zero-order chi connectivity index (χ0) is 27.2. The molecule has 0 atom stereocenters. The standard InChI is InChI=1S/C21H22N8O7S/c1-3-27(4-2)37(35,36)17-10-8-15(9-11-17)24-19-18(29(33)34)20(23-13-22-19)25-26-21(30)14-6-5-7-16(12-14)28(31)32/h5-13H,3-4H2,1-2H3,(H,26,30)(H2,22,23,24,25). The minimum atomic E-state index is -3.68. The molecule has 0 bridgehead atoms. The Hall–Kier alpha value is -4.70. The molecule has 1 amide bonds. The molecule has 0 unspecified atom stereocenters. The highest BCUT2D eigenvalue weighted by molar-refractivity contribution is 7.89. The molecule has 2 aromatic carbocycles. The number of amides is 1. The average molecular weight is 531 g/mol. The summed E-state index contributed by atoms with van der Waals surface area (Å²) in [4.78, 5) is 41.3. The van der Waals surface area contributed by atoms with Crippen LogP contribution < -0.4 is 16.2 Å². The van der Waals surface area contributed by atoms with E-state index in [2.05, 4.69) is 26.1 Å². The maximum Gasteiger partial charge on any atom is 0.355 e. The number of nitro benzene ring substituents is 1. The van der Waals surface area contributed by atoms with E-state index in [1.165, 1.54) is 46.8 Å². The maximum atomic E-state index is 12.7. The number of hydrazine groups is 1. The fourth-order valence-electron chi connectivity index (χ4n) is 3.24. The van der Waals surface area contributed by atoms with Crippen LogP contribution in [0.4, 0.5) is 28.7 Å². The van der Waals surface area contributed by atoms with E-state index >= 15 is 0 Å². The highest BCUT2D eigenvalue weighted by Crippen LogP contribution is 2.31. The Morgan fingerprint density at radius 2 is 1.62 bits per heavy atom. The van der Waals surface area contributed by atoms with Crippen LogP contribution in [-0.2, 0) is 10.0 Å². The summed E-state index contributed by atoms with van der Waals surface area (Å²) in [7, 11) is -3.68. The molecule has 0 aliphatic carbocycles. The lowest BCUT2D eigenvalue weighted by atomic mass is 10.2. The predicted octanol–water partition coefficient (Wildman–Crippen LogP) is 2.82. The normalized spacial score (nSPS) is 11.1. The summed E-state index contributed by atoms with van der Waals surface area (Å²) in [5.74, 6) is -1.38. The second-order valence-corrected chi connectivity index (χ2v) is 9.24. The molecule has 1 aromatic heterocycles. The first-order chi connectivity index (χ1) is 17.6. The number of aromatic nitrogens is 2. The van der Waals surface area contributed by atoms with Gasteiger partial charge in [-0.25, -0.2) is 18.4 Å². The van der Waals surface area contributed by atoms with Crippen LogP contribution in [-0.4, -0.2) is 51.5 Å². The number of carbonyl (C=O) groups is 1. The number of nitro groups is 2. The smallest absolute Gasteiger partial charge is 0.334 e. The van der Waals surface area contributed by atoms with Crippen LogP contribution in [0.5, 0.6) is 0 Å². The van der Waals surface area contributed by atoms with Gasteiger partial charge in [0.15, 0.2) is 0 Å². The molecule has 16 heteroatoms. The predicted molar refractivity (Wildman–Crippen MR) is 133 cm³/mol. The van der Waals surface area contributed by atoms with E-state index in [0.29, 0.717) is 18.8 Å². The van der Waals surface area contributed by atoms with Crippen LogP contribution in [0.1, 0.15) is 24.2 Å². The number of rotatable bonds is 11. The lowest BCUT2D eigenvalue weighted by Gasteiger charge is -2.18. The first-order valence-electron chi connectivity index (χ1n) is 10.8. The molecule has 194 valence electrons. The Balaban J connectivity index is 1.81. The van der Waals surface area contributed by atoms with E-state index in [9.17, 15) is 33.4 Å². The van der Waals surface area contributed by atoms with Gasteiger partial charge in [-0.2, -0.15) is 4.31 Å². The van der Waals surface area contributed by atoms with Gasteiger partial charge >= 0.3 is 5.69 Å². The van der Waals surface area contributed by atoms with Gasteiger partial charge in [-0.15, -0.1) is 0 Å². The molecular formula is C21H22N8O7S. The number of carbonyl (C=O) groups excluding carboxylic acids is 1. The van der Waals surface area contributed by atoms with Crippen molar-refractivity contribution in [1.29, 1.82) is 0 Å². The van der Waals surface area contributed by atoms with Crippen molar-refractivity contribution in [1.82, 2.24) is 19.7 Å². The van der Waals surface area contributed by atoms with Crippen molar-refractivity contribution >= 4 is 44.6 Å². The summed E-state index contributed by atoms with van der Waals surface area (Å²) in [5.41, 5.74) is 3.88. The van der Waals surface area contributed by atoms with Crippen molar-refractivity contribution < 1.29 is 23.1 Å². The van der Waals surface area contributed by atoms with E-state index in [1.807, 2.05) is 0 Å². The minimum absolute atomic E-state index is 0.0588. The third-order valence-corrected chi connectivity index (χ3v) is 7.14. The van der Waals surface area contributed by atoms with E-state index in [0.717, 1.165) is 12.4 Å². The van der Waals surface area contributed by atoms with Crippen LogP contribution in [0.15, 0.2) is 59.8 Å². The molecule has 37 heavy (non-hydrogen) atoms. The number of benzene rings is 2. The van der Waals surface area contributed by atoms with E-state index in [4.69, 9.17) is 0 Å². The van der Waals surface area contributed by atoms with Gasteiger partial charge in [-0.3, -0.25) is 35.9 Å². The third kappa shape index (κ3) is 6.11. The van der Waals surface area contributed by atoms with Crippen LogP contribution in [0.2, 0.25) is 0 Å². The molecule has 0 radical (unpaired) electrons. The summed E-state index contributed by atoms with van der Waals surface area (Å²) < 4.78 is 26.6. The molecule has 0 aliphatic heterocycles.